The van der Waals surface area contributed by atoms with E-state index in [-0.39, 0.29) is 30.8 Å². The summed E-state index contributed by atoms with van der Waals surface area (Å²) in [5.41, 5.74) is 0. The van der Waals surface area contributed by atoms with Gasteiger partial charge in [0.25, 0.3) is 0 Å². The van der Waals surface area contributed by atoms with Crippen LogP contribution in [0, 0.1) is 5.92 Å². The van der Waals surface area contributed by atoms with Crippen molar-refractivity contribution in [1.82, 2.24) is 15.5 Å². The minimum absolute atomic E-state index is 0. The molecule has 0 bridgehead atoms. The molecule has 21 heavy (non-hydrogen) atoms. The molecule has 0 radical (unpaired) electrons. The van der Waals surface area contributed by atoms with Crippen LogP contribution in [0.1, 0.15) is 46.0 Å². The van der Waals surface area contributed by atoms with E-state index in [0.29, 0.717) is 25.4 Å². The summed E-state index contributed by atoms with van der Waals surface area (Å²) in [5, 5.41) is 6.15. The Hall–Kier alpha value is -0.810. The van der Waals surface area contributed by atoms with Gasteiger partial charge in [-0.25, -0.2) is 0 Å². The smallest absolute Gasteiger partial charge is 0.239 e. The Morgan fingerprint density at radius 3 is 2.43 bits per heavy atom. The second-order valence-electron chi connectivity index (χ2n) is 5.56. The molecule has 124 valence electrons. The topological polar surface area (TPSA) is 61.4 Å². The number of hydrogen-bond acceptors (Lipinski definition) is 3. The summed E-state index contributed by atoms with van der Waals surface area (Å²) in [6.45, 7) is 7.62. The predicted molar refractivity (Wildman–Crippen MR) is 87.6 cm³/mol. The van der Waals surface area contributed by atoms with Gasteiger partial charge in [0.1, 0.15) is 0 Å². The summed E-state index contributed by atoms with van der Waals surface area (Å²) in [5.74, 6) is 0.561. The summed E-state index contributed by atoms with van der Waals surface area (Å²) < 4.78 is 0. The fourth-order valence-corrected chi connectivity index (χ4v) is 2.52. The second kappa shape index (κ2) is 11.8. The summed E-state index contributed by atoms with van der Waals surface area (Å²) in [6, 6.07) is 0. The molecule has 6 heteroatoms. The molecule has 0 unspecified atom stereocenters. The van der Waals surface area contributed by atoms with Crippen LogP contribution in [0.3, 0.4) is 0 Å². The third-order valence-corrected chi connectivity index (χ3v) is 3.67. The molecule has 2 amide bonds. The Balaban J connectivity index is 0.00000400. The van der Waals surface area contributed by atoms with Crippen LogP contribution in [0.15, 0.2) is 0 Å². The quantitative estimate of drug-likeness (QED) is 0.714. The summed E-state index contributed by atoms with van der Waals surface area (Å²) in [6.07, 6.45) is 4.52. The zero-order chi connectivity index (χ0) is 14.8. The lowest BCUT2D eigenvalue weighted by atomic mass is 9.94. The van der Waals surface area contributed by atoms with E-state index in [4.69, 9.17) is 0 Å². The normalized spacial score (nSPS) is 15.1. The average molecular weight is 320 g/mol. The molecular formula is C15H30ClN3O2. The molecule has 0 aromatic rings. The van der Waals surface area contributed by atoms with Crippen molar-refractivity contribution >= 4 is 24.2 Å². The molecule has 0 saturated carbocycles. The van der Waals surface area contributed by atoms with Crippen molar-refractivity contribution in [2.45, 2.75) is 46.0 Å². The lowest BCUT2D eigenvalue weighted by molar-refractivity contribution is -0.137. The van der Waals surface area contributed by atoms with Crippen LogP contribution in [0.5, 0.6) is 0 Å². The van der Waals surface area contributed by atoms with Crippen LogP contribution in [0.25, 0.3) is 0 Å². The molecule has 0 aromatic heterocycles. The Bertz CT molecular complexity index is 307. The number of carbonyl (C=O) groups excluding carboxylic acids is 2. The van der Waals surface area contributed by atoms with Gasteiger partial charge in [0.15, 0.2) is 0 Å². The maximum Gasteiger partial charge on any atom is 0.239 e. The van der Waals surface area contributed by atoms with Gasteiger partial charge < -0.3 is 15.5 Å². The Kier molecular flexibility index (Phi) is 11.4. The molecule has 0 aromatic carbocycles. The number of nitrogens with one attached hydrogen (secondary N) is 2. The van der Waals surface area contributed by atoms with Crippen LogP contribution >= 0.6 is 12.4 Å². The molecule has 0 atom stereocenters. The van der Waals surface area contributed by atoms with Crippen molar-refractivity contribution in [2.24, 2.45) is 5.92 Å². The molecule has 2 N–H and O–H groups in total. The maximum absolute atomic E-state index is 12.3. The van der Waals surface area contributed by atoms with Gasteiger partial charge in [0.2, 0.25) is 11.8 Å². The van der Waals surface area contributed by atoms with Crippen LogP contribution in [-0.2, 0) is 9.59 Å². The zero-order valence-electron chi connectivity index (χ0n) is 13.3. The van der Waals surface area contributed by atoms with Crippen LogP contribution < -0.4 is 10.6 Å². The molecule has 1 fully saturated rings. The minimum atomic E-state index is -0.0426. The van der Waals surface area contributed by atoms with E-state index in [1.54, 1.807) is 4.90 Å². The van der Waals surface area contributed by atoms with Crippen molar-refractivity contribution in [1.29, 1.82) is 0 Å². The van der Waals surface area contributed by atoms with Crippen LogP contribution in [0.4, 0.5) is 0 Å². The highest BCUT2D eigenvalue weighted by Gasteiger charge is 2.21. The third-order valence-electron chi connectivity index (χ3n) is 3.67. The predicted octanol–water partition coefficient (Wildman–Crippen LogP) is 1.56. The van der Waals surface area contributed by atoms with Gasteiger partial charge in [-0.15, -0.1) is 12.4 Å². The number of rotatable bonds is 8. The number of amides is 2. The van der Waals surface area contributed by atoms with Gasteiger partial charge in [-0.05, 0) is 44.7 Å². The van der Waals surface area contributed by atoms with E-state index in [1.807, 2.05) is 13.8 Å². The van der Waals surface area contributed by atoms with Gasteiger partial charge in [0, 0.05) is 19.5 Å². The molecule has 0 aliphatic carbocycles. The number of halogens is 1. The molecular weight excluding hydrogens is 290 g/mol. The second-order valence-corrected chi connectivity index (χ2v) is 5.56. The number of hydrogen-bond donors (Lipinski definition) is 2. The number of piperidine rings is 1. The van der Waals surface area contributed by atoms with Crippen molar-refractivity contribution in [2.75, 3.05) is 32.7 Å². The first-order valence-corrected chi connectivity index (χ1v) is 7.92. The highest BCUT2D eigenvalue weighted by molar-refractivity contribution is 5.85. The van der Waals surface area contributed by atoms with Crippen LogP contribution in [-0.4, -0.2) is 49.4 Å². The molecule has 1 rings (SSSR count). The van der Waals surface area contributed by atoms with Gasteiger partial charge >= 0.3 is 0 Å². The van der Waals surface area contributed by atoms with E-state index in [2.05, 4.69) is 10.6 Å². The molecule has 5 nitrogen and oxygen atoms in total. The largest absolute Gasteiger partial charge is 0.355 e. The summed E-state index contributed by atoms with van der Waals surface area (Å²) in [7, 11) is 0. The third kappa shape index (κ3) is 8.27. The van der Waals surface area contributed by atoms with Gasteiger partial charge in [0.05, 0.1) is 6.54 Å². The number of carbonyl (C=O) groups is 2. The van der Waals surface area contributed by atoms with E-state index in [9.17, 15) is 9.59 Å². The standard InChI is InChI=1S/C15H29N3O2.ClH/c1-3-7-17-14(19)12-18(10-4-2)15(20)11-13-5-8-16-9-6-13;/h13,16H,3-12H2,1-2H3,(H,17,19);1H. The van der Waals surface area contributed by atoms with Crippen molar-refractivity contribution in [3.63, 3.8) is 0 Å². The first-order valence-electron chi connectivity index (χ1n) is 7.92. The fourth-order valence-electron chi connectivity index (χ4n) is 2.52. The van der Waals surface area contributed by atoms with E-state index >= 15 is 0 Å². The Morgan fingerprint density at radius 2 is 1.86 bits per heavy atom. The molecule has 1 saturated heterocycles. The van der Waals surface area contributed by atoms with E-state index in [0.717, 1.165) is 38.8 Å². The van der Waals surface area contributed by atoms with Gasteiger partial charge in [-0.1, -0.05) is 13.8 Å². The fraction of sp³-hybridized carbons (Fsp3) is 0.867. The van der Waals surface area contributed by atoms with E-state index in [1.165, 1.54) is 0 Å². The van der Waals surface area contributed by atoms with Gasteiger partial charge in [-0.2, -0.15) is 0 Å². The molecule has 0 spiro atoms. The average Bonchev–Trinajstić information content (AvgIpc) is 2.45. The molecule has 1 heterocycles. The maximum atomic E-state index is 12.3. The lowest BCUT2D eigenvalue weighted by Crippen LogP contribution is -2.42. The number of nitrogens with zero attached hydrogens (tertiary/aromatic N) is 1. The van der Waals surface area contributed by atoms with Gasteiger partial charge in [-0.3, -0.25) is 9.59 Å². The molecule has 1 aliphatic rings. The van der Waals surface area contributed by atoms with Crippen LogP contribution in [0.2, 0.25) is 0 Å². The SMILES string of the molecule is CCCNC(=O)CN(CCC)C(=O)CC1CCNCC1.Cl. The molecule has 1 aliphatic heterocycles. The summed E-state index contributed by atoms with van der Waals surface area (Å²) in [4.78, 5) is 25.8. The minimum Gasteiger partial charge on any atom is -0.355 e. The zero-order valence-corrected chi connectivity index (χ0v) is 14.1. The highest BCUT2D eigenvalue weighted by Crippen LogP contribution is 2.17. The monoisotopic (exact) mass is 319 g/mol. The Labute approximate surface area is 134 Å². The van der Waals surface area contributed by atoms with Crippen molar-refractivity contribution < 1.29 is 9.59 Å². The Morgan fingerprint density at radius 1 is 1.19 bits per heavy atom. The summed E-state index contributed by atoms with van der Waals surface area (Å²) >= 11 is 0. The van der Waals surface area contributed by atoms with Crippen molar-refractivity contribution in [3.8, 4) is 0 Å². The highest BCUT2D eigenvalue weighted by atomic mass is 35.5. The lowest BCUT2D eigenvalue weighted by Gasteiger charge is -2.26. The van der Waals surface area contributed by atoms with Crippen molar-refractivity contribution in [3.05, 3.63) is 0 Å². The first kappa shape index (κ1) is 20.2. The first-order chi connectivity index (χ1) is 9.67. The van der Waals surface area contributed by atoms with E-state index < -0.39 is 0 Å².